The van der Waals surface area contributed by atoms with Gasteiger partial charge in [0.05, 0.1) is 11.5 Å². The van der Waals surface area contributed by atoms with E-state index in [1.54, 1.807) is 13.8 Å². The predicted octanol–water partition coefficient (Wildman–Crippen LogP) is 1.87. The highest BCUT2D eigenvalue weighted by Crippen LogP contribution is 2.28. The third-order valence-electron chi connectivity index (χ3n) is 3.33. The summed E-state index contributed by atoms with van der Waals surface area (Å²) in [6.07, 6.45) is 1.51. The first-order chi connectivity index (χ1) is 8.05. The van der Waals surface area contributed by atoms with E-state index in [-0.39, 0.29) is 17.5 Å². The van der Waals surface area contributed by atoms with Crippen molar-refractivity contribution in [2.45, 2.75) is 59.4 Å². The van der Waals surface area contributed by atoms with Gasteiger partial charge in [-0.3, -0.25) is 14.4 Å². The standard InChI is InChI=1S/C14H23NO3/c1-13(2,3)12(18)15-14(4,5)11-9(16)7-6-8-10(11)17/h11H,6-8H2,1-5H3,(H,15,18). The minimum atomic E-state index is -0.807. The van der Waals surface area contributed by atoms with Crippen molar-refractivity contribution >= 4 is 17.5 Å². The van der Waals surface area contributed by atoms with Crippen LogP contribution in [0.2, 0.25) is 0 Å². The Morgan fingerprint density at radius 3 is 1.89 bits per heavy atom. The minimum Gasteiger partial charge on any atom is -0.350 e. The number of rotatable bonds is 2. The Bertz CT molecular complexity index is 361. The Labute approximate surface area is 109 Å². The van der Waals surface area contributed by atoms with Crippen LogP contribution in [0.1, 0.15) is 53.9 Å². The molecule has 1 saturated carbocycles. The summed E-state index contributed by atoms with van der Waals surface area (Å²) >= 11 is 0. The van der Waals surface area contributed by atoms with E-state index < -0.39 is 16.9 Å². The maximum atomic E-state index is 12.0. The highest BCUT2D eigenvalue weighted by Gasteiger charge is 2.43. The van der Waals surface area contributed by atoms with Gasteiger partial charge in [0.1, 0.15) is 11.6 Å². The summed E-state index contributed by atoms with van der Waals surface area (Å²) < 4.78 is 0. The Kier molecular flexibility index (Phi) is 3.99. The Morgan fingerprint density at radius 2 is 1.50 bits per heavy atom. The smallest absolute Gasteiger partial charge is 0.225 e. The van der Waals surface area contributed by atoms with E-state index in [2.05, 4.69) is 5.32 Å². The van der Waals surface area contributed by atoms with Crippen LogP contribution in [0.5, 0.6) is 0 Å². The van der Waals surface area contributed by atoms with Crippen LogP contribution in [-0.2, 0) is 14.4 Å². The number of ketones is 2. The second-order valence-corrected chi connectivity index (χ2v) is 6.65. The van der Waals surface area contributed by atoms with Crippen LogP contribution in [-0.4, -0.2) is 23.0 Å². The predicted molar refractivity (Wildman–Crippen MR) is 69.0 cm³/mol. The normalized spacial score (nSPS) is 18.9. The number of hydrogen-bond donors (Lipinski definition) is 1. The van der Waals surface area contributed by atoms with E-state index in [4.69, 9.17) is 0 Å². The SMILES string of the molecule is CC(C)(C)C(=O)NC(C)(C)C1C(=O)CCCC1=O. The zero-order valence-electron chi connectivity index (χ0n) is 11.9. The maximum absolute atomic E-state index is 12.0. The van der Waals surface area contributed by atoms with Gasteiger partial charge in [-0.2, -0.15) is 0 Å². The van der Waals surface area contributed by atoms with Crippen molar-refractivity contribution in [3.05, 3.63) is 0 Å². The van der Waals surface area contributed by atoms with Crippen molar-refractivity contribution in [1.29, 1.82) is 0 Å². The molecule has 0 aromatic carbocycles. The molecule has 1 amide bonds. The second-order valence-electron chi connectivity index (χ2n) is 6.65. The summed E-state index contributed by atoms with van der Waals surface area (Å²) in [5.74, 6) is -0.938. The lowest BCUT2D eigenvalue weighted by Crippen LogP contribution is -2.57. The first-order valence-corrected chi connectivity index (χ1v) is 6.44. The lowest BCUT2D eigenvalue weighted by Gasteiger charge is -2.37. The van der Waals surface area contributed by atoms with Crippen molar-refractivity contribution in [2.24, 2.45) is 11.3 Å². The number of carbonyl (C=O) groups excluding carboxylic acids is 3. The van der Waals surface area contributed by atoms with Gasteiger partial charge in [-0.25, -0.2) is 0 Å². The molecule has 0 bridgehead atoms. The Hall–Kier alpha value is -1.19. The lowest BCUT2D eigenvalue weighted by molar-refractivity contribution is -0.140. The molecule has 1 rings (SSSR count). The van der Waals surface area contributed by atoms with E-state index >= 15 is 0 Å². The van der Waals surface area contributed by atoms with E-state index in [0.717, 1.165) is 0 Å². The molecular weight excluding hydrogens is 230 g/mol. The van der Waals surface area contributed by atoms with Crippen LogP contribution >= 0.6 is 0 Å². The fourth-order valence-corrected chi connectivity index (χ4v) is 2.26. The molecule has 4 heteroatoms. The van der Waals surface area contributed by atoms with Gasteiger partial charge in [0.25, 0.3) is 0 Å². The molecule has 18 heavy (non-hydrogen) atoms. The second kappa shape index (κ2) is 4.82. The topological polar surface area (TPSA) is 63.2 Å². The minimum absolute atomic E-state index is 0.0505. The fraction of sp³-hybridized carbons (Fsp3) is 0.786. The Morgan fingerprint density at radius 1 is 1.06 bits per heavy atom. The lowest BCUT2D eigenvalue weighted by atomic mass is 9.74. The molecule has 0 spiro atoms. The van der Waals surface area contributed by atoms with E-state index in [9.17, 15) is 14.4 Å². The zero-order chi connectivity index (χ0) is 14.1. The third-order valence-corrected chi connectivity index (χ3v) is 3.33. The molecule has 1 aliphatic rings. The van der Waals surface area contributed by atoms with Gasteiger partial charge in [-0.1, -0.05) is 20.8 Å². The monoisotopic (exact) mass is 253 g/mol. The van der Waals surface area contributed by atoms with E-state index in [1.807, 2.05) is 20.8 Å². The largest absolute Gasteiger partial charge is 0.350 e. The van der Waals surface area contributed by atoms with Gasteiger partial charge in [0.15, 0.2) is 0 Å². The molecule has 1 aliphatic carbocycles. The molecule has 0 saturated heterocycles. The maximum Gasteiger partial charge on any atom is 0.225 e. The molecule has 4 nitrogen and oxygen atoms in total. The number of carbonyl (C=O) groups is 3. The van der Waals surface area contributed by atoms with Crippen LogP contribution < -0.4 is 5.32 Å². The van der Waals surface area contributed by atoms with Crippen LogP contribution in [0.4, 0.5) is 0 Å². The number of amides is 1. The van der Waals surface area contributed by atoms with Crippen LogP contribution in [0.25, 0.3) is 0 Å². The summed E-state index contributed by atoms with van der Waals surface area (Å²) in [6.45, 7) is 8.93. The van der Waals surface area contributed by atoms with Gasteiger partial charge >= 0.3 is 0 Å². The van der Waals surface area contributed by atoms with Crippen molar-refractivity contribution < 1.29 is 14.4 Å². The van der Waals surface area contributed by atoms with Gasteiger partial charge in [-0.15, -0.1) is 0 Å². The molecule has 0 unspecified atom stereocenters. The summed E-state index contributed by atoms with van der Waals surface area (Å²) in [4.78, 5) is 35.8. The van der Waals surface area contributed by atoms with Gasteiger partial charge in [0, 0.05) is 18.3 Å². The van der Waals surface area contributed by atoms with Crippen molar-refractivity contribution in [2.75, 3.05) is 0 Å². The highest BCUT2D eigenvalue weighted by molar-refractivity contribution is 6.06. The number of hydrogen-bond acceptors (Lipinski definition) is 3. The molecule has 0 aliphatic heterocycles. The first-order valence-electron chi connectivity index (χ1n) is 6.44. The number of nitrogens with one attached hydrogen (secondary N) is 1. The summed E-state index contributed by atoms with van der Waals surface area (Å²) in [5.41, 5.74) is -1.34. The zero-order valence-corrected chi connectivity index (χ0v) is 11.9. The molecule has 0 atom stereocenters. The molecule has 1 N–H and O–H groups in total. The van der Waals surface area contributed by atoms with E-state index in [1.165, 1.54) is 0 Å². The van der Waals surface area contributed by atoms with Crippen molar-refractivity contribution in [3.8, 4) is 0 Å². The Balaban J connectivity index is 2.88. The molecule has 1 fully saturated rings. The fourth-order valence-electron chi connectivity index (χ4n) is 2.26. The van der Waals surface area contributed by atoms with E-state index in [0.29, 0.717) is 19.3 Å². The van der Waals surface area contributed by atoms with Crippen molar-refractivity contribution in [1.82, 2.24) is 5.32 Å². The van der Waals surface area contributed by atoms with Gasteiger partial charge in [0.2, 0.25) is 5.91 Å². The van der Waals surface area contributed by atoms with Gasteiger partial charge < -0.3 is 5.32 Å². The third kappa shape index (κ3) is 3.18. The quantitative estimate of drug-likeness (QED) is 0.764. The molecule has 0 aromatic heterocycles. The van der Waals surface area contributed by atoms with Gasteiger partial charge in [-0.05, 0) is 20.3 Å². The first kappa shape index (κ1) is 14.9. The molecule has 0 radical (unpaired) electrons. The molecule has 0 heterocycles. The molecule has 0 aromatic rings. The number of Topliss-reactive ketones (excluding diaryl/α,β-unsaturated/α-hetero) is 2. The average molecular weight is 253 g/mol. The van der Waals surface area contributed by atoms with Crippen LogP contribution in [0.15, 0.2) is 0 Å². The average Bonchev–Trinajstić information content (AvgIpc) is 2.14. The van der Waals surface area contributed by atoms with Crippen LogP contribution in [0.3, 0.4) is 0 Å². The summed E-state index contributed by atoms with van der Waals surface area (Å²) in [5, 5.41) is 2.85. The molecular formula is C14H23NO3. The van der Waals surface area contributed by atoms with Crippen LogP contribution in [0, 0.1) is 11.3 Å². The summed E-state index contributed by atoms with van der Waals surface area (Å²) in [7, 11) is 0. The molecule has 102 valence electrons. The highest BCUT2D eigenvalue weighted by atomic mass is 16.2. The summed E-state index contributed by atoms with van der Waals surface area (Å²) in [6, 6.07) is 0. The van der Waals surface area contributed by atoms with Crippen molar-refractivity contribution in [3.63, 3.8) is 0 Å².